The Morgan fingerprint density at radius 1 is 0.846 bits per heavy atom. The second-order valence-corrected chi connectivity index (χ2v) is 15.7. The summed E-state index contributed by atoms with van der Waals surface area (Å²) >= 11 is 0. The summed E-state index contributed by atoms with van der Waals surface area (Å²) in [6.45, 7) is 9.30. The van der Waals surface area contributed by atoms with Crippen molar-refractivity contribution in [3.63, 3.8) is 0 Å². The molecule has 3 aromatic heterocycles. The van der Waals surface area contributed by atoms with Crippen molar-refractivity contribution in [2.75, 3.05) is 28.2 Å². The number of anilines is 3. The molecule has 0 bridgehead atoms. The van der Waals surface area contributed by atoms with Gasteiger partial charge < -0.3 is 15.1 Å². The smallest absolute Gasteiger partial charge is 0.356 e. The van der Waals surface area contributed by atoms with Crippen molar-refractivity contribution in [1.29, 1.82) is 0 Å². The zero-order valence-electron chi connectivity index (χ0n) is 29.5. The van der Waals surface area contributed by atoms with Crippen LogP contribution in [0.1, 0.15) is 92.8 Å². The van der Waals surface area contributed by atoms with Gasteiger partial charge in [-0.1, -0.05) is 20.8 Å². The number of hydrogen-bond donors (Lipinski definition) is 2. The number of alkyl halides is 6. The molecule has 52 heavy (non-hydrogen) atoms. The summed E-state index contributed by atoms with van der Waals surface area (Å²) in [6, 6.07) is 1.61. The molecule has 1 amide bonds. The Balaban J connectivity index is 1.38. The number of H-pyrrole nitrogens is 1. The second-order valence-electron chi connectivity index (χ2n) is 15.7. The molecular formula is C37H42F6N8O. The minimum absolute atomic E-state index is 0.0205. The fourth-order valence-electron chi connectivity index (χ4n) is 6.80. The number of carbonyl (C=O) groups is 1. The fraction of sp³-hybridized carbons (Fsp3) is 0.541. The van der Waals surface area contributed by atoms with Crippen molar-refractivity contribution >= 4 is 34.4 Å². The van der Waals surface area contributed by atoms with Gasteiger partial charge in [0, 0.05) is 42.2 Å². The number of benzene rings is 1. The summed E-state index contributed by atoms with van der Waals surface area (Å²) in [5, 5.41) is 11.2. The number of nitrogens with zero attached hydrogens (tertiary/aromatic N) is 6. The lowest BCUT2D eigenvalue weighted by molar-refractivity contribution is -0.143. The Morgan fingerprint density at radius 2 is 1.42 bits per heavy atom. The molecule has 278 valence electrons. The molecule has 4 aromatic rings. The summed E-state index contributed by atoms with van der Waals surface area (Å²) in [4.78, 5) is 30.4. The molecule has 2 N–H and O–H groups in total. The Labute approximate surface area is 297 Å². The first-order valence-corrected chi connectivity index (χ1v) is 17.7. The standard InChI is InChI=1S/C37H42F6N8O/c1-20-29-30(35(2,3)4)28(32(47-31(29)49-48-20)50(16-21-5-6-21)17-22-7-8-22)19-51(34-44-14-27(15-45-34)46-33(52)24-9-10-24)18-23-11-25(36(38,39)40)13-26(12-23)37(41,42)43/h11-15,21-22,24H,5-10,16-19H2,1-4H3,(H,46,52)(H,47,48,49). The van der Waals surface area contributed by atoms with Crippen LogP contribution in [0.3, 0.4) is 0 Å². The lowest BCUT2D eigenvalue weighted by atomic mass is 9.81. The van der Waals surface area contributed by atoms with Gasteiger partial charge in [-0.05, 0) is 92.0 Å². The van der Waals surface area contributed by atoms with E-state index >= 15 is 0 Å². The first-order chi connectivity index (χ1) is 24.4. The SMILES string of the molecule is Cc1[nH]nc2nc(N(CC3CC3)CC3CC3)c(CN(Cc3cc(C(F)(F)F)cc(C(F)(F)F)c3)c3ncc(NC(=O)C4CC4)cn3)c(C(C)(C)C)c12. The van der Waals surface area contributed by atoms with Crippen LogP contribution < -0.4 is 15.1 Å². The Kier molecular flexibility index (Phi) is 9.13. The van der Waals surface area contributed by atoms with E-state index in [1.807, 2.05) is 6.92 Å². The van der Waals surface area contributed by atoms with Crippen LogP contribution >= 0.6 is 0 Å². The van der Waals surface area contributed by atoms with Gasteiger partial charge in [-0.3, -0.25) is 9.89 Å². The van der Waals surface area contributed by atoms with Gasteiger partial charge in [0.1, 0.15) is 5.82 Å². The summed E-state index contributed by atoms with van der Waals surface area (Å²) < 4.78 is 83.9. The van der Waals surface area contributed by atoms with Gasteiger partial charge in [0.25, 0.3) is 0 Å². The maximum atomic E-state index is 14.0. The number of amides is 1. The van der Waals surface area contributed by atoms with Gasteiger partial charge in [0.15, 0.2) is 5.65 Å². The van der Waals surface area contributed by atoms with Crippen molar-refractivity contribution in [3.8, 4) is 0 Å². The zero-order valence-corrected chi connectivity index (χ0v) is 29.5. The summed E-state index contributed by atoms with van der Waals surface area (Å²) in [5.41, 5.74) is -0.101. The Morgan fingerprint density at radius 3 is 1.92 bits per heavy atom. The van der Waals surface area contributed by atoms with Crippen LogP contribution in [0.25, 0.3) is 11.0 Å². The lowest BCUT2D eigenvalue weighted by Gasteiger charge is -2.34. The van der Waals surface area contributed by atoms with Crippen molar-refractivity contribution in [2.24, 2.45) is 17.8 Å². The molecule has 3 heterocycles. The van der Waals surface area contributed by atoms with E-state index in [1.165, 1.54) is 12.4 Å². The third kappa shape index (κ3) is 8.12. The van der Waals surface area contributed by atoms with E-state index in [2.05, 4.69) is 51.2 Å². The molecule has 0 saturated heterocycles. The normalized spacial score (nSPS) is 16.7. The number of carbonyl (C=O) groups excluding carboxylic acids is 1. The van der Waals surface area contributed by atoms with Crippen molar-refractivity contribution in [1.82, 2.24) is 25.1 Å². The predicted octanol–water partition coefficient (Wildman–Crippen LogP) is 8.57. The molecule has 3 aliphatic carbocycles. The van der Waals surface area contributed by atoms with Crippen LogP contribution in [-0.4, -0.2) is 44.1 Å². The van der Waals surface area contributed by atoms with E-state index in [4.69, 9.17) is 4.98 Å². The monoisotopic (exact) mass is 728 g/mol. The summed E-state index contributed by atoms with van der Waals surface area (Å²) in [7, 11) is 0. The molecule has 0 atom stereocenters. The van der Waals surface area contributed by atoms with Crippen LogP contribution in [0.4, 0.5) is 43.8 Å². The molecule has 0 aliphatic heterocycles. The minimum Gasteiger partial charge on any atom is -0.356 e. The van der Waals surface area contributed by atoms with Crippen LogP contribution in [0.15, 0.2) is 30.6 Å². The molecule has 9 nitrogen and oxygen atoms in total. The number of pyridine rings is 1. The number of hydrogen-bond acceptors (Lipinski definition) is 7. The highest BCUT2D eigenvalue weighted by Gasteiger charge is 2.38. The molecule has 7 rings (SSSR count). The number of aromatic amines is 1. The lowest BCUT2D eigenvalue weighted by Crippen LogP contribution is -2.34. The molecule has 3 saturated carbocycles. The molecule has 0 unspecified atom stereocenters. The Bertz CT molecular complexity index is 1910. The van der Waals surface area contributed by atoms with E-state index in [1.54, 1.807) is 4.90 Å². The molecule has 0 spiro atoms. The average Bonchev–Trinajstić information content (AvgIpc) is 3.91. The van der Waals surface area contributed by atoms with E-state index in [0.717, 1.165) is 86.0 Å². The van der Waals surface area contributed by atoms with Crippen molar-refractivity contribution < 1.29 is 31.1 Å². The maximum Gasteiger partial charge on any atom is 0.416 e. The van der Waals surface area contributed by atoms with E-state index in [0.29, 0.717) is 29.0 Å². The first-order valence-electron chi connectivity index (χ1n) is 17.7. The number of nitrogens with one attached hydrogen (secondary N) is 2. The van der Waals surface area contributed by atoms with Gasteiger partial charge >= 0.3 is 12.4 Å². The van der Waals surface area contributed by atoms with Crippen LogP contribution in [-0.2, 0) is 35.7 Å². The molecular weight excluding hydrogens is 686 g/mol. The van der Waals surface area contributed by atoms with E-state index in [9.17, 15) is 31.1 Å². The minimum atomic E-state index is -5.01. The zero-order chi connectivity index (χ0) is 37.2. The quantitative estimate of drug-likeness (QED) is 0.141. The topological polar surface area (TPSA) is 103 Å². The second kappa shape index (κ2) is 13.2. The van der Waals surface area contributed by atoms with E-state index < -0.39 is 28.9 Å². The van der Waals surface area contributed by atoms with Crippen LogP contribution in [0.2, 0.25) is 0 Å². The van der Waals surface area contributed by atoms with Gasteiger partial charge in [0.2, 0.25) is 11.9 Å². The van der Waals surface area contributed by atoms with Crippen molar-refractivity contribution in [3.05, 3.63) is 64.1 Å². The largest absolute Gasteiger partial charge is 0.416 e. The predicted molar refractivity (Wildman–Crippen MR) is 185 cm³/mol. The number of aryl methyl sites for hydroxylation is 1. The number of fused-ring (bicyclic) bond motifs is 1. The third-order valence-corrected chi connectivity index (χ3v) is 9.87. The van der Waals surface area contributed by atoms with E-state index in [-0.39, 0.29) is 42.5 Å². The average molecular weight is 729 g/mol. The molecule has 1 aromatic carbocycles. The summed E-state index contributed by atoms with van der Waals surface area (Å²) in [5.74, 6) is 1.55. The highest BCUT2D eigenvalue weighted by Crippen LogP contribution is 2.43. The van der Waals surface area contributed by atoms with Crippen LogP contribution in [0, 0.1) is 24.7 Å². The molecule has 3 aliphatic rings. The third-order valence-electron chi connectivity index (χ3n) is 9.87. The number of rotatable bonds is 12. The first kappa shape index (κ1) is 36.0. The van der Waals surface area contributed by atoms with Gasteiger partial charge in [-0.15, -0.1) is 0 Å². The van der Waals surface area contributed by atoms with Gasteiger partial charge in [-0.2, -0.15) is 31.4 Å². The highest BCUT2D eigenvalue weighted by molar-refractivity contribution is 5.93. The number of aromatic nitrogens is 5. The number of halogens is 6. The fourth-order valence-corrected chi connectivity index (χ4v) is 6.80. The van der Waals surface area contributed by atoms with Crippen LogP contribution in [0.5, 0.6) is 0 Å². The molecule has 0 radical (unpaired) electrons. The Hall–Kier alpha value is -4.43. The van der Waals surface area contributed by atoms with Gasteiger partial charge in [-0.25, -0.2) is 15.0 Å². The van der Waals surface area contributed by atoms with Gasteiger partial charge in [0.05, 0.1) is 35.8 Å². The molecule has 15 heteroatoms. The molecule has 3 fully saturated rings. The maximum absolute atomic E-state index is 14.0. The highest BCUT2D eigenvalue weighted by atomic mass is 19.4. The summed E-state index contributed by atoms with van der Waals surface area (Å²) in [6.07, 6.45) is -1.20. The van der Waals surface area contributed by atoms with Crippen molar-refractivity contribution in [2.45, 2.75) is 97.1 Å².